The lowest BCUT2D eigenvalue weighted by molar-refractivity contribution is 0.0953. The van der Waals surface area contributed by atoms with Crippen LogP contribution in [-0.2, 0) is 6.54 Å². The largest absolute Gasteiger partial charge is 0.310 e. The SMILES string of the molecule is Cc1cccc(Cn2cccc(C(=O)N/N=C\c3cccc(Cl)c3)c2=O)c1. The molecule has 0 radical (unpaired) electrons. The zero-order valence-corrected chi connectivity index (χ0v) is 15.5. The van der Waals surface area contributed by atoms with Gasteiger partial charge in [-0.15, -0.1) is 0 Å². The van der Waals surface area contributed by atoms with Crippen LogP contribution in [0.2, 0.25) is 5.02 Å². The molecule has 0 aliphatic rings. The molecule has 5 nitrogen and oxygen atoms in total. The standard InChI is InChI=1S/C21H18ClN3O2/c1-15-5-2-7-17(11-15)14-25-10-4-9-19(21(25)27)20(26)24-23-13-16-6-3-8-18(22)12-16/h2-13H,14H2,1H3,(H,24,26)/b23-13-. The van der Waals surface area contributed by atoms with Crippen LogP contribution in [0.5, 0.6) is 0 Å². The molecule has 0 saturated carbocycles. The van der Waals surface area contributed by atoms with E-state index in [1.165, 1.54) is 16.8 Å². The summed E-state index contributed by atoms with van der Waals surface area (Å²) < 4.78 is 1.50. The lowest BCUT2D eigenvalue weighted by Crippen LogP contribution is -2.30. The molecule has 0 atom stereocenters. The molecule has 1 aromatic heterocycles. The van der Waals surface area contributed by atoms with E-state index in [2.05, 4.69) is 10.5 Å². The van der Waals surface area contributed by atoms with Crippen LogP contribution in [0.1, 0.15) is 27.0 Å². The molecular weight excluding hydrogens is 362 g/mol. The molecule has 136 valence electrons. The Balaban J connectivity index is 1.74. The van der Waals surface area contributed by atoms with Crippen LogP contribution in [0, 0.1) is 6.92 Å². The Hall–Kier alpha value is -3.18. The maximum absolute atomic E-state index is 12.6. The maximum atomic E-state index is 12.6. The molecule has 0 aliphatic heterocycles. The van der Waals surface area contributed by atoms with Gasteiger partial charge in [0.25, 0.3) is 11.5 Å². The minimum absolute atomic E-state index is 0.0356. The lowest BCUT2D eigenvalue weighted by atomic mass is 10.1. The molecule has 27 heavy (non-hydrogen) atoms. The number of pyridine rings is 1. The Morgan fingerprint density at radius 3 is 2.74 bits per heavy atom. The Bertz CT molecular complexity index is 1060. The molecule has 2 aromatic carbocycles. The van der Waals surface area contributed by atoms with Crippen molar-refractivity contribution in [1.29, 1.82) is 0 Å². The van der Waals surface area contributed by atoms with Crippen molar-refractivity contribution < 1.29 is 4.79 Å². The summed E-state index contributed by atoms with van der Waals surface area (Å²) >= 11 is 5.90. The number of rotatable bonds is 5. The van der Waals surface area contributed by atoms with Gasteiger partial charge in [-0.05, 0) is 42.3 Å². The summed E-state index contributed by atoms with van der Waals surface area (Å²) in [6.45, 7) is 2.39. The molecule has 1 amide bonds. The zero-order chi connectivity index (χ0) is 19.2. The number of nitrogens with zero attached hydrogens (tertiary/aromatic N) is 2. The molecule has 6 heteroatoms. The number of carbonyl (C=O) groups excluding carboxylic acids is 1. The number of hydrogen-bond acceptors (Lipinski definition) is 3. The number of aryl methyl sites for hydroxylation is 1. The smallest absolute Gasteiger partial charge is 0.276 e. The predicted molar refractivity (Wildman–Crippen MR) is 107 cm³/mol. The van der Waals surface area contributed by atoms with E-state index in [4.69, 9.17) is 11.6 Å². The van der Waals surface area contributed by atoms with Crippen LogP contribution >= 0.6 is 11.6 Å². The third-order valence-electron chi connectivity index (χ3n) is 3.93. The van der Waals surface area contributed by atoms with Crippen molar-refractivity contribution in [1.82, 2.24) is 9.99 Å². The van der Waals surface area contributed by atoms with Crippen LogP contribution in [0.25, 0.3) is 0 Å². The third kappa shape index (κ3) is 4.92. The zero-order valence-electron chi connectivity index (χ0n) is 14.7. The van der Waals surface area contributed by atoms with Crippen LogP contribution in [-0.4, -0.2) is 16.7 Å². The highest BCUT2D eigenvalue weighted by Gasteiger charge is 2.11. The van der Waals surface area contributed by atoms with Crippen molar-refractivity contribution in [2.45, 2.75) is 13.5 Å². The van der Waals surface area contributed by atoms with Gasteiger partial charge in [-0.3, -0.25) is 9.59 Å². The summed E-state index contributed by atoms with van der Waals surface area (Å²) in [6.07, 6.45) is 3.13. The molecule has 0 saturated heterocycles. The molecule has 3 aromatic rings. The summed E-state index contributed by atoms with van der Waals surface area (Å²) in [4.78, 5) is 24.9. The van der Waals surface area contributed by atoms with Crippen LogP contribution in [0.4, 0.5) is 0 Å². The number of halogens is 1. The summed E-state index contributed by atoms with van der Waals surface area (Å²) in [6, 6.07) is 18.1. The molecule has 0 aliphatic carbocycles. The fraction of sp³-hybridized carbons (Fsp3) is 0.0952. The average molecular weight is 380 g/mol. The van der Waals surface area contributed by atoms with Gasteiger partial charge in [-0.25, -0.2) is 5.43 Å². The van der Waals surface area contributed by atoms with Crippen molar-refractivity contribution in [2.24, 2.45) is 5.10 Å². The Kier molecular flexibility index (Phi) is 5.84. The van der Waals surface area contributed by atoms with Gasteiger partial charge in [0.15, 0.2) is 0 Å². The molecule has 0 unspecified atom stereocenters. The number of benzene rings is 2. The molecule has 0 fully saturated rings. The van der Waals surface area contributed by atoms with E-state index in [0.29, 0.717) is 11.6 Å². The number of hydrazone groups is 1. The van der Waals surface area contributed by atoms with E-state index in [9.17, 15) is 9.59 Å². The first-order valence-corrected chi connectivity index (χ1v) is 8.75. The molecule has 1 N–H and O–H groups in total. The number of nitrogens with one attached hydrogen (secondary N) is 1. The van der Waals surface area contributed by atoms with Gasteiger partial charge in [0.1, 0.15) is 5.56 Å². The first kappa shape index (κ1) is 18.6. The molecule has 0 bridgehead atoms. The number of amides is 1. The van der Waals surface area contributed by atoms with Crippen LogP contribution in [0.15, 0.2) is 76.8 Å². The Labute approximate surface area is 161 Å². The highest BCUT2D eigenvalue weighted by Crippen LogP contribution is 2.09. The van der Waals surface area contributed by atoms with E-state index in [1.54, 1.807) is 36.5 Å². The first-order valence-electron chi connectivity index (χ1n) is 8.37. The van der Waals surface area contributed by atoms with Crippen molar-refractivity contribution in [2.75, 3.05) is 0 Å². The van der Waals surface area contributed by atoms with Crippen LogP contribution < -0.4 is 11.0 Å². The summed E-state index contributed by atoms with van der Waals surface area (Å²) in [5.74, 6) is -0.558. The summed E-state index contributed by atoms with van der Waals surface area (Å²) in [5, 5.41) is 4.47. The van der Waals surface area contributed by atoms with E-state index in [1.807, 2.05) is 31.2 Å². The minimum Gasteiger partial charge on any atom is -0.310 e. The predicted octanol–water partition coefficient (Wildman–Crippen LogP) is 3.62. The van der Waals surface area contributed by atoms with Gasteiger partial charge in [0, 0.05) is 11.2 Å². The van der Waals surface area contributed by atoms with Crippen LogP contribution in [0.3, 0.4) is 0 Å². The summed E-state index contributed by atoms with van der Waals surface area (Å²) in [7, 11) is 0. The third-order valence-corrected chi connectivity index (χ3v) is 4.16. The van der Waals surface area contributed by atoms with E-state index < -0.39 is 5.91 Å². The quantitative estimate of drug-likeness (QED) is 0.543. The second-order valence-corrected chi connectivity index (χ2v) is 6.53. The second-order valence-electron chi connectivity index (χ2n) is 6.10. The monoisotopic (exact) mass is 379 g/mol. The van der Waals surface area contributed by atoms with Crippen molar-refractivity contribution >= 4 is 23.7 Å². The molecule has 1 heterocycles. The van der Waals surface area contributed by atoms with Gasteiger partial charge < -0.3 is 4.57 Å². The maximum Gasteiger partial charge on any atom is 0.276 e. The highest BCUT2D eigenvalue weighted by molar-refractivity contribution is 6.30. The van der Waals surface area contributed by atoms with E-state index >= 15 is 0 Å². The number of carbonyl (C=O) groups is 1. The normalized spacial score (nSPS) is 10.9. The molecular formula is C21H18ClN3O2. The van der Waals surface area contributed by atoms with Crippen molar-refractivity contribution in [3.05, 3.63) is 104 Å². The van der Waals surface area contributed by atoms with E-state index in [0.717, 1.165) is 16.7 Å². The Morgan fingerprint density at radius 2 is 1.96 bits per heavy atom. The Morgan fingerprint density at radius 1 is 1.15 bits per heavy atom. The fourth-order valence-electron chi connectivity index (χ4n) is 2.65. The number of hydrogen-bond donors (Lipinski definition) is 1. The second kappa shape index (κ2) is 8.47. The summed E-state index contributed by atoms with van der Waals surface area (Å²) in [5.41, 5.74) is 4.90. The molecule has 0 spiro atoms. The lowest BCUT2D eigenvalue weighted by Gasteiger charge is -2.08. The van der Waals surface area contributed by atoms with Gasteiger partial charge in [-0.1, -0.05) is 53.6 Å². The average Bonchev–Trinajstić information content (AvgIpc) is 2.63. The van der Waals surface area contributed by atoms with Gasteiger partial charge in [0.05, 0.1) is 12.8 Å². The van der Waals surface area contributed by atoms with Gasteiger partial charge in [-0.2, -0.15) is 5.10 Å². The van der Waals surface area contributed by atoms with Gasteiger partial charge >= 0.3 is 0 Å². The first-order chi connectivity index (χ1) is 13.0. The fourth-order valence-corrected chi connectivity index (χ4v) is 2.85. The minimum atomic E-state index is -0.558. The highest BCUT2D eigenvalue weighted by atomic mass is 35.5. The number of aromatic nitrogens is 1. The topological polar surface area (TPSA) is 63.5 Å². The van der Waals surface area contributed by atoms with Crippen molar-refractivity contribution in [3.8, 4) is 0 Å². The van der Waals surface area contributed by atoms with Crippen molar-refractivity contribution in [3.63, 3.8) is 0 Å². The van der Waals surface area contributed by atoms with Gasteiger partial charge in [0.2, 0.25) is 0 Å². The van der Waals surface area contributed by atoms with E-state index in [-0.39, 0.29) is 11.1 Å². The molecule has 3 rings (SSSR count).